The molecule has 0 saturated carbocycles. The molecule has 1 saturated heterocycles. The highest BCUT2D eigenvalue weighted by Gasteiger charge is 2.24. The maximum absolute atomic E-state index is 12.6. The molecule has 6 heteroatoms. The number of rotatable bonds is 8. The Kier molecular flexibility index (Phi) is 8.05. The molecule has 1 amide bonds. The standard InChI is InChI=1S/C23H28B3N2O/c1-2-19(20-10-6-7-11-21(20)26-25)23(24)27-22(29)16-28-14-12-18(13-15-28)17-8-4-3-5-9-17/h3-11,18-19,23H,2,12-16H2,1H3,(H,27,29). The van der Waals surface area contributed by atoms with Gasteiger partial charge in [0.1, 0.15) is 0 Å². The zero-order valence-corrected chi connectivity index (χ0v) is 17.3. The van der Waals surface area contributed by atoms with Crippen molar-refractivity contribution in [3.8, 4) is 0 Å². The number of hydrogen-bond acceptors (Lipinski definition) is 2. The number of amides is 1. The molecular formula is C23H28B3N2O. The van der Waals surface area contributed by atoms with Crippen molar-refractivity contribution in [2.45, 2.75) is 44.0 Å². The van der Waals surface area contributed by atoms with Crippen LogP contribution < -0.4 is 10.8 Å². The van der Waals surface area contributed by atoms with Crippen LogP contribution in [0.2, 0.25) is 0 Å². The summed E-state index contributed by atoms with van der Waals surface area (Å²) in [5.41, 5.74) is 3.45. The lowest BCUT2D eigenvalue weighted by Gasteiger charge is -2.33. The largest absolute Gasteiger partial charge is 0.360 e. The molecule has 0 aromatic heterocycles. The molecule has 3 nitrogen and oxygen atoms in total. The van der Waals surface area contributed by atoms with Gasteiger partial charge in [0.2, 0.25) is 5.91 Å². The Morgan fingerprint density at radius 2 is 1.79 bits per heavy atom. The maximum Gasteiger partial charge on any atom is 0.233 e. The molecule has 0 aliphatic carbocycles. The lowest BCUT2D eigenvalue weighted by Crippen LogP contribution is -2.47. The van der Waals surface area contributed by atoms with Crippen molar-refractivity contribution in [3.05, 3.63) is 65.7 Å². The van der Waals surface area contributed by atoms with E-state index in [1.54, 1.807) is 7.17 Å². The van der Waals surface area contributed by atoms with Crippen molar-refractivity contribution in [2.75, 3.05) is 19.6 Å². The fourth-order valence-corrected chi connectivity index (χ4v) is 4.35. The molecule has 1 fully saturated rings. The average molecular weight is 381 g/mol. The van der Waals surface area contributed by atoms with Crippen LogP contribution in [0, 0.1) is 0 Å². The lowest BCUT2D eigenvalue weighted by atomic mass is 9.49. The van der Waals surface area contributed by atoms with Crippen molar-refractivity contribution in [3.63, 3.8) is 0 Å². The Labute approximate surface area is 178 Å². The first kappa shape index (κ1) is 21.8. The summed E-state index contributed by atoms with van der Waals surface area (Å²) in [7, 11) is 13.7. The Balaban J connectivity index is 1.51. The van der Waals surface area contributed by atoms with Crippen molar-refractivity contribution in [1.82, 2.24) is 10.2 Å². The van der Waals surface area contributed by atoms with E-state index in [0.29, 0.717) is 12.5 Å². The van der Waals surface area contributed by atoms with Gasteiger partial charge in [-0.15, -0.1) is 0 Å². The number of carbonyl (C=O) groups excluding carboxylic acids is 1. The van der Waals surface area contributed by atoms with Crippen molar-refractivity contribution >= 4 is 34.1 Å². The molecule has 145 valence electrons. The minimum Gasteiger partial charge on any atom is -0.360 e. The van der Waals surface area contributed by atoms with Gasteiger partial charge in [-0.1, -0.05) is 72.5 Å². The Bertz CT molecular complexity index is 779. The highest BCUT2D eigenvalue weighted by molar-refractivity contribution is 6.97. The molecule has 2 unspecified atom stereocenters. The van der Waals surface area contributed by atoms with Gasteiger partial charge in [0.25, 0.3) is 0 Å². The van der Waals surface area contributed by atoms with Gasteiger partial charge < -0.3 is 5.32 Å². The Hall–Kier alpha value is -1.94. The highest BCUT2D eigenvalue weighted by Crippen LogP contribution is 2.27. The predicted octanol–water partition coefficient (Wildman–Crippen LogP) is 2.08. The van der Waals surface area contributed by atoms with Gasteiger partial charge in [-0.05, 0) is 55.7 Å². The van der Waals surface area contributed by atoms with E-state index in [9.17, 15) is 4.79 Å². The van der Waals surface area contributed by atoms with Gasteiger partial charge in [-0.3, -0.25) is 9.69 Å². The van der Waals surface area contributed by atoms with Gasteiger partial charge >= 0.3 is 0 Å². The molecule has 29 heavy (non-hydrogen) atoms. The normalized spacial score (nSPS) is 17.4. The molecular weight excluding hydrogens is 353 g/mol. The molecule has 0 bridgehead atoms. The van der Waals surface area contributed by atoms with E-state index in [-0.39, 0.29) is 11.8 Å². The summed E-state index contributed by atoms with van der Waals surface area (Å²) in [4.78, 5) is 14.8. The van der Waals surface area contributed by atoms with Crippen LogP contribution in [0.15, 0.2) is 54.6 Å². The molecule has 1 heterocycles. The molecule has 3 rings (SSSR count). The summed E-state index contributed by atoms with van der Waals surface area (Å²) < 4.78 is 0. The summed E-state index contributed by atoms with van der Waals surface area (Å²) in [5.74, 6) is 0.170. The smallest absolute Gasteiger partial charge is 0.233 e. The van der Waals surface area contributed by atoms with Crippen molar-refractivity contribution in [2.24, 2.45) is 0 Å². The predicted molar refractivity (Wildman–Crippen MR) is 123 cm³/mol. The molecule has 0 spiro atoms. The monoisotopic (exact) mass is 381 g/mol. The molecule has 1 aliphatic rings. The van der Waals surface area contributed by atoms with E-state index >= 15 is 0 Å². The fraction of sp³-hybridized carbons (Fsp3) is 0.435. The SMILES string of the molecule is [B][B]c1ccccc1C(CC)C([B])NC(=O)CN1CCC(c2ccccc2)CC1. The zero-order chi connectivity index (χ0) is 20.6. The van der Waals surface area contributed by atoms with Crippen molar-refractivity contribution < 1.29 is 4.79 Å². The van der Waals surface area contributed by atoms with Gasteiger partial charge in [0, 0.05) is 7.74 Å². The number of nitrogens with one attached hydrogen (secondary N) is 1. The Morgan fingerprint density at radius 3 is 2.45 bits per heavy atom. The van der Waals surface area contributed by atoms with E-state index in [1.165, 1.54) is 5.56 Å². The van der Waals surface area contributed by atoms with Crippen LogP contribution in [-0.4, -0.2) is 59.1 Å². The first-order valence-electron chi connectivity index (χ1n) is 10.6. The van der Waals surface area contributed by atoms with E-state index in [2.05, 4.69) is 47.5 Å². The molecule has 2 aromatic rings. The number of hydrogen-bond donors (Lipinski definition) is 1. The molecule has 1 N–H and O–H groups in total. The van der Waals surface area contributed by atoms with E-state index in [4.69, 9.17) is 15.6 Å². The third-order valence-electron chi connectivity index (χ3n) is 6.00. The first-order valence-corrected chi connectivity index (χ1v) is 10.6. The second-order valence-corrected chi connectivity index (χ2v) is 7.86. The molecule has 5 radical (unpaired) electrons. The van der Waals surface area contributed by atoms with Crippen LogP contribution in [0.3, 0.4) is 0 Å². The summed E-state index contributed by atoms with van der Waals surface area (Å²) in [5, 5.41) is 3.01. The van der Waals surface area contributed by atoms with E-state index < -0.39 is 5.94 Å². The van der Waals surface area contributed by atoms with E-state index in [0.717, 1.165) is 43.4 Å². The minimum absolute atomic E-state index is 0.0108. The molecule has 1 aliphatic heterocycles. The van der Waals surface area contributed by atoms with Gasteiger partial charge in [0.05, 0.1) is 21.6 Å². The maximum atomic E-state index is 12.6. The lowest BCUT2D eigenvalue weighted by molar-refractivity contribution is -0.122. The summed E-state index contributed by atoms with van der Waals surface area (Å²) in [6, 6.07) is 18.6. The topological polar surface area (TPSA) is 32.3 Å². The van der Waals surface area contributed by atoms with Crippen LogP contribution in [0.25, 0.3) is 0 Å². The third kappa shape index (κ3) is 5.79. The van der Waals surface area contributed by atoms with Crippen LogP contribution in [0.1, 0.15) is 49.1 Å². The number of carbonyl (C=O) groups is 1. The van der Waals surface area contributed by atoms with Crippen molar-refractivity contribution in [1.29, 1.82) is 0 Å². The number of likely N-dealkylation sites (tertiary alicyclic amines) is 1. The number of piperidine rings is 1. The fourth-order valence-electron chi connectivity index (χ4n) is 4.35. The first-order chi connectivity index (χ1) is 14.1. The van der Waals surface area contributed by atoms with Crippen LogP contribution in [0.4, 0.5) is 0 Å². The third-order valence-corrected chi connectivity index (χ3v) is 6.00. The molecule has 2 atom stereocenters. The molecule has 2 aromatic carbocycles. The summed E-state index contributed by atoms with van der Waals surface area (Å²) >= 11 is 0. The zero-order valence-electron chi connectivity index (χ0n) is 17.3. The summed E-state index contributed by atoms with van der Waals surface area (Å²) in [6.07, 6.45) is 3.00. The second kappa shape index (κ2) is 10.7. The summed E-state index contributed by atoms with van der Waals surface area (Å²) in [6.45, 7) is 4.35. The van der Waals surface area contributed by atoms with Crippen LogP contribution in [-0.2, 0) is 4.79 Å². The average Bonchev–Trinajstić information content (AvgIpc) is 2.75. The van der Waals surface area contributed by atoms with E-state index in [1.807, 2.05) is 24.3 Å². The highest BCUT2D eigenvalue weighted by atomic mass is 16.2. The second-order valence-electron chi connectivity index (χ2n) is 7.86. The minimum atomic E-state index is -0.435. The number of benzene rings is 2. The Morgan fingerprint density at radius 1 is 1.14 bits per heavy atom. The number of nitrogens with zero attached hydrogens (tertiary/aromatic N) is 1. The van der Waals surface area contributed by atoms with Gasteiger partial charge in [-0.2, -0.15) is 0 Å². The quantitative estimate of drug-likeness (QED) is 0.711. The van der Waals surface area contributed by atoms with Crippen LogP contribution in [0.5, 0.6) is 0 Å². The van der Waals surface area contributed by atoms with Gasteiger partial charge in [0.15, 0.2) is 0 Å². The van der Waals surface area contributed by atoms with Gasteiger partial charge in [-0.25, -0.2) is 0 Å². The van der Waals surface area contributed by atoms with Crippen LogP contribution >= 0.6 is 0 Å².